The van der Waals surface area contributed by atoms with E-state index in [1.54, 1.807) is 0 Å². The summed E-state index contributed by atoms with van der Waals surface area (Å²) < 4.78 is 1.93. The number of fused-ring (bicyclic) bond motifs is 1. The van der Waals surface area contributed by atoms with Gasteiger partial charge in [0.15, 0.2) is 0 Å². The number of hydrogen-bond acceptors (Lipinski definition) is 2. The highest BCUT2D eigenvalue weighted by atomic mass is 16.3. The van der Waals surface area contributed by atoms with Gasteiger partial charge >= 0.3 is 0 Å². The molecule has 1 unspecified atom stereocenters. The summed E-state index contributed by atoms with van der Waals surface area (Å²) in [5, 5.41) is 15.4. The van der Waals surface area contributed by atoms with Crippen LogP contribution in [0.5, 0.6) is 0 Å². The number of aromatic nitrogens is 2. The summed E-state index contributed by atoms with van der Waals surface area (Å²) in [6.45, 7) is 4.51. The van der Waals surface area contributed by atoms with Crippen molar-refractivity contribution in [1.82, 2.24) is 9.78 Å². The lowest BCUT2D eigenvalue weighted by Crippen LogP contribution is -2.24. The Morgan fingerprint density at radius 3 is 2.72 bits per heavy atom. The van der Waals surface area contributed by atoms with Crippen molar-refractivity contribution in [3.05, 3.63) is 30.0 Å². The van der Waals surface area contributed by atoms with Gasteiger partial charge in [-0.15, -0.1) is 0 Å². The van der Waals surface area contributed by atoms with Crippen molar-refractivity contribution < 1.29 is 5.11 Å². The van der Waals surface area contributed by atoms with E-state index in [9.17, 15) is 5.11 Å². The van der Waals surface area contributed by atoms with Crippen molar-refractivity contribution in [2.75, 3.05) is 6.61 Å². The minimum Gasteiger partial charge on any atom is -0.396 e. The van der Waals surface area contributed by atoms with E-state index in [2.05, 4.69) is 31.1 Å². The monoisotopic (exact) mass is 246 g/mol. The van der Waals surface area contributed by atoms with Crippen LogP contribution in [0.25, 0.3) is 10.9 Å². The molecule has 0 saturated heterocycles. The Morgan fingerprint density at radius 2 is 2.06 bits per heavy atom. The highest BCUT2D eigenvalue weighted by Gasteiger charge is 2.25. The number of nitrogens with zero attached hydrogens (tertiary/aromatic N) is 2. The summed E-state index contributed by atoms with van der Waals surface area (Å²) in [6, 6.07) is 8.28. The highest BCUT2D eigenvalue weighted by molar-refractivity contribution is 5.81. The highest BCUT2D eigenvalue weighted by Crippen LogP contribution is 2.30. The Bertz CT molecular complexity index is 532. The second-order valence-electron chi connectivity index (χ2n) is 5.48. The summed E-state index contributed by atoms with van der Waals surface area (Å²) in [5.74, 6) is 0. The molecular weight excluding hydrogens is 224 g/mol. The molecule has 0 radical (unpaired) electrons. The smallest absolute Gasteiger partial charge is 0.0709 e. The molecular formula is C15H22N2O. The first-order valence-electron chi connectivity index (χ1n) is 6.61. The third-order valence-corrected chi connectivity index (χ3v) is 3.66. The molecule has 0 aliphatic rings. The average molecular weight is 246 g/mol. The van der Waals surface area contributed by atoms with E-state index in [-0.39, 0.29) is 12.0 Å². The van der Waals surface area contributed by atoms with Gasteiger partial charge in [0, 0.05) is 19.0 Å². The topological polar surface area (TPSA) is 38.1 Å². The van der Waals surface area contributed by atoms with Gasteiger partial charge in [-0.1, -0.05) is 38.5 Å². The van der Waals surface area contributed by atoms with E-state index in [1.807, 2.05) is 23.9 Å². The minimum atomic E-state index is -0.0636. The molecule has 0 bridgehead atoms. The number of aryl methyl sites for hydroxylation is 1. The van der Waals surface area contributed by atoms with Gasteiger partial charge in [-0.25, -0.2) is 0 Å². The van der Waals surface area contributed by atoms with Crippen molar-refractivity contribution in [3.63, 3.8) is 0 Å². The first-order valence-corrected chi connectivity index (χ1v) is 6.61. The van der Waals surface area contributed by atoms with E-state index in [0.717, 1.165) is 30.5 Å². The van der Waals surface area contributed by atoms with Crippen LogP contribution in [-0.2, 0) is 13.5 Å². The standard InChI is InChI=1S/C15H22N2O/c1-4-9-15(2,11-18)10-13-12-7-5-6-8-14(12)17(3)16-13/h5-8,18H,4,9-11H2,1-3H3. The lowest BCUT2D eigenvalue weighted by atomic mass is 9.81. The lowest BCUT2D eigenvalue weighted by molar-refractivity contribution is 0.130. The van der Waals surface area contributed by atoms with Crippen LogP contribution < -0.4 is 0 Å². The number of rotatable bonds is 5. The Hall–Kier alpha value is -1.35. The molecule has 0 aliphatic carbocycles. The fourth-order valence-corrected chi connectivity index (χ4v) is 2.65. The summed E-state index contributed by atoms with van der Waals surface area (Å²) >= 11 is 0. The van der Waals surface area contributed by atoms with Gasteiger partial charge in [-0.3, -0.25) is 4.68 Å². The molecule has 1 atom stereocenters. The van der Waals surface area contributed by atoms with Gasteiger partial charge in [0.25, 0.3) is 0 Å². The third-order valence-electron chi connectivity index (χ3n) is 3.66. The zero-order valence-electron chi connectivity index (χ0n) is 11.5. The van der Waals surface area contributed by atoms with Crippen LogP contribution in [0, 0.1) is 5.41 Å². The largest absolute Gasteiger partial charge is 0.396 e. The van der Waals surface area contributed by atoms with Crippen molar-refractivity contribution in [2.24, 2.45) is 12.5 Å². The molecule has 0 amide bonds. The number of para-hydroxylation sites is 1. The number of aliphatic hydroxyl groups excluding tert-OH is 1. The predicted molar refractivity (Wildman–Crippen MR) is 74.5 cm³/mol. The molecule has 0 saturated carbocycles. The second kappa shape index (κ2) is 5.11. The zero-order valence-corrected chi connectivity index (χ0v) is 11.5. The van der Waals surface area contributed by atoms with E-state index >= 15 is 0 Å². The summed E-state index contributed by atoms with van der Waals surface area (Å²) in [6.07, 6.45) is 2.94. The van der Waals surface area contributed by atoms with Crippen molar-refractivity contribution in [1.29, 1.82) is 0 Å². The zero-order chi connectivity index (χ0) is 13.2. The minimum absolute atomic E-state index is 0.0636. The summed E-state index contributed by atoms with van der Waals surface area (Å²) in [7, 11) is 1.97. The first kappa shape index (κ1) is 13.1. The molecule has 1 heterocycles. The maximum absolute atomic E-state index is 9.62. The molecule has 98 valence electrons. The van der Waals surface area contributed by atoms with E-state index in [0.29, 0.717) is 0 Å². The van der Waals surface area contributed by atoms with Crippen LogP contribution in [-0.4, -0.2) is 21.5 Å². The maximum atomic E-state index is 9.62. The molecule has 0 fully saturated rings. The molecule has 3 heteroatoms. The first-order chi connectivity index (χ1) is 8.59. The van der Waals surface area contributed by atoms with Crippen LogP contribution in [0.1, 0.15) is 32.4 Å². The van der Waals surface area contributed by atoms with E-state index in [4.69, 9.17) is 0 Å². The van der Waals surface area contributed by atoms with E-state index < -0.39 is 0 Å². The summed E-state index contributed by atoms with van der Waals surface area (Å²) in [4.78, 5) is 0. The molecule has 1 N–H and O–H groups in total. The van der Waals surface area contributed by atoms with Gasteiger partial charge in [0.1, 0.15) is 0 Å². The van der Waals surface area contributed by atoms with Gasteiger partial charge in [-0.2, -0.15) is 5.10 Å². The van der Waals surface area contributed by atoms with Crippen molar-refractivity contribution >= 4 is 10.9 Å². The lowest BCUT2D eigenvalue weighted by Gasteiger charge is -2.25. The van der Waals surface area contributed by atoms with Crippen molar-refractivity contribution in [3.8, 4) is 0 Å². The van der Waals surface area contributed by atoms with Crippen LogP contribution in [0.2, 0.25) is 0 Å². The molecule has 2 rings (SSSR count). The molecule has 2 aromatic rings. The molecule has 1 aromatic heterocycles. The normalized spacial score (nSPS) is 14.9. The quantitative estimate of drug-likeness (QED) is 0.881. The number of benzene rings is 1. The average Bonchev–Trinajstić information content (AvgIpc) is 2.67. The SMILES string of the molecule is CCCC(C)(CO)Cc1nn(C)c2ccccc12. The molecule has 0 spiro atoms. The van der Waals surface area contributed by atoms with Crippen LogP contribution in [0.15, 0.2) is 24.3 Å². The van der Waals surface area contributed by atoms with Crippen LogP contribution in [0.3, 0.4) is 0 Å². The molecule has 1 aromatic carbocycles. The Kier molecular flexibility index (Phi) is 3.71. The Balaban J connectivity index is 2.37. The van der Waals surface area contributed by atoms with E-state index in [1.165, 1.54) is 5.39 Å². The Morgan fingerprint density at radius 1 is 1.33 bits per heavy atom. The molecule has 0 aliphatic heterocycles. The molecule has 3 nitrogen and oxygen atoms in total. The Labute approximate surface area is 108 Å². The van der Waals surface area contributed by atoms with Crippen LogP contribution >= 0.6 is 0 Å². The van der Waals surface area contributed by atoms with Crippen molar-refractivity contribution in [2.45, 2.75) is 33.1 Å². The third kappa shape index (κ3) is 2.41. The summed E-state index contributed by atoms with van der Waals surface area (Å²) in [5.41, 5.74) is 2.19. The predicted octanol–water partition coefficient (Wildman–Crippen LogP) is 2.91. The van der Waals surface area contributed by atoms with Gasteiger partial charge in [-0.05, 0) is 24.3 Å². The fraction of sp³-hybridized carbons (Fsp3) is 0.533. The molecule has 18 heavy (non-hydrogen) atoms. The maximum Gasteiger partial charge on any atom is 0.0709 e. The van der Waals surface area contributed by atoms with Gasteiger partial charge in [0.2, 0.25) is 0 Å². The number of aliphatic hydroxyl groups is 1. The number of hydrogen-bond donors (Lipinski definition) is 1. The van der Waals surface area contributed by atoms with Gasteiger partial charge < -0.3 is 5.11 Å². The van der Waals surface area contributed by atoms with Gasteiger partial charge in [0.05, 0.1) is 11.2 Å². The second-order valence-corrected chi connectivity index (χ2v) is 5.48. The fourth-order valence-electron chi connectivity index (χ4n) is 2.65. The van der Waals surface area contributed by atoms with Crippen LogP contribution in [0.4, 0.5) is 0 Å².